The molecule has 26 heavy (non-hydrogen) atoms. The van der Waals surface area contributed by atoms with E-state index in [1.54, 1.807) is 22.5 Å². The van der Waals surface area contributed by atoms with Gasteiger partial charge in [0.1, 0.15) is 11.5 Å². The molecule has 1 aromatic carbocycles. The molecule has 0 aliphatic heterocycles. The Morgan fingerprint density at radius 3 is 2.65 bits per heavy atom. The number of nitrogens with zero attached hydrogens (tertiary/aromatic N) is 4. The van der Waals surface area contributed by atoms with Crippen LogP contribution in [0.4, 0.5) is 0 Å². The Morgan fingerprint density at radius 1 is 1.19 bits per heavy atom. The third-order valence-electron chi connectivity index (χ3n) is 3.42. The smallest absolute Gasteiger partial charge is 0.209 e. The van der Waals surface area contributed by atoms with E-state index in [0.717, 1.165) is 41.0 Å². The monoisotopic (exact) mass is 432 g/mol. The lowest BCUT2D eigenvalue weighted by Gasteiger charge is -2.03. The summed E-state index contributed by atoms with van der Waals surface area (Å²) in [6.07, 6.45) is 1.01. The summed E-state index contributed by atoms with van der Waals surface area (Å²) in [6, 6.07) is 9.25. The van der Waals surface area contributed by atoms with Gasteiger partial charge in [-0.2, -0.15) is 0 Å². The summed E-state index contributed by atoms with van der Waals surface area (Å²) in [5, 5.41) is 16.7. The van der Waals surface area contributed by atoms with Gasteiger partial charge >= 0.3 is 0 Å². The van der Waals surface area contributed by atoms with E-state index in [4.69, 9.17) is 27.6 Å². The highest BCUT2D eigenvalue weighted by atomic mass is 35.5. The lowest BCUT2D eigenvalue weighted by atomic mass is 10.2. The maximum atomic E-state index is 6.03. The average Bonchev–Trinajstić information content (AvgIpc) is 3.19. The Bertz CT molecular complexity index is 819. The molecular weight excluding hydrogens is 417 g/mol. The second-order valence-electron chi connectivity index (χ2n) is 5.39. The van der Waals surface area contributed by atoms with Crippen LogP contribution in [0.5, 0.6) is 0 Å². The number of rotatable bonds is 8. The van der Waals surface area contributed by atoms with Crippen molar-refractivity contribution in [2.24, 2.45) is 7.05 Å². The zero-order chi connectivity index (χ0) is 17.6. The largest absolute Gasteiger partial charge is 1.00 e. The van der Waals surface area contributed by atoms with E-state index >= 15 is 0 Å². The number of furan rings is 1. The molecule has 0 unspecified atom stereocenters. The van der Waals surface area contributed by atoms with Gasteiger partial charge in [-0.05, 0) is 53.7 Å². The Kier molecular flexibility index (Phi) is 8.24. The van der Waals surface area contributed by atoms with E-state index in [0.29, 0.717) is 16.6 Å². The van der Waals surface area contributed by atoms with Crippen molar-refractivity contribution in [1.82, 2.24) is 25.5 Å². The fourth-order valence-corrected chi connectivity index (χ4v) is 3.55. The third-order valence-corrected chi connectivity index (χ3v) is 4.95. The van der Waals surface area contributed by atoms with Crippen LogP contribution >= 0.6 is 35.0 Å². The molecule has 6 nitrogen and oxygen atoms in total. The fourth-order valence-electron chi connectivity index (χ4n) is 2.24. The van der Waals surface area contributed by atoms with Crippen LogP contribution in [0.2, 0.25) is 10.0 Å². The summed E-state index contributed by atoms with van der Waals surface area (Å²) in [5.74, 6) is 2.58. The SMILES string of the molecule is Cn1nnnc1SCCCNCc1ccc(-c2cc(Cl)cc(Cl)c2)o1.[Cl-]. The normalized spacial score (nSPS) is 10.7. The predicted molar refractivity (Wildman–Crippen MR) is 100 cm³/mol. The average molecular weight is 434 g/mol. The Hall–Kier alpha value is -1.25. The molecule has 0 saturated heterocycles. The van der Waals surface area contributed by atoms with E-state index in [1.807, 2.05) is 31.3 Å². The summed E-state index contributed by atoms with van der Waals surface area (Å²) in [7, 11) is 1.84. The number of hydrogen-bond donors (Lipinski definition) is 1. The van der Waals surface area contributed by atoms with Crippen LogP contribution in [-0.2, 0) is 13.6 Å². The minimum atomic E-state index is 0. The number of halogens is 3. The zero-order valence-corrected chi connectivity index (χ0v) is 17.0. The molecule has 0 saturated carbocycles. The van der Waals surface area contributed by atoms with Crippen molar-refractivity contribution in [3.63, 3.8) is 0 Å². The Morgan fingerprint density at radius 2 is 1.96 bits per heavy atom. The zero-order valence-electron chi connectivity index (χ0n) is 14.0. The molecule has 2 heterocycles. The number of aryl methyl sites for hydroxylation is 1. The van der Waals surface area contributed by atoms with Crippen LogP contribution in [0.25, 0.3) is 11.3 Å². The van der Waals surface area contributed by atoms with E-state index < -0.39 is 0 Å². The molecule has 0 aliphatic rings. The van der Waals surface area contributed by atoms with Crippen LogP contribution in [0.1, 0.15) is 12.2 Å². The lowest BCUT2D eigenvalue weighted by Crippen LogP contribution is -3.00. The fraction of sp³-hybridized carbons (Fsp3) is 0.312. The molecule has 0 atom stereocenters. The minimum Gasteiger partial charge on any atom is -1.00 e. The van der Waals surface area contributed by atoms with Crippen LogP contribution < -0.4 is 17.7 Å². The van der Waals surface area contributed by atoms with Crippen LogP contribution in [0, 0.1) is 0 Å². The molecule has 0 fully saturated rings. The van der Waals surface area contributed by atoms with E-state index in [9.17, 15) is 0 Å². The highest BCUT2D eigenvalue weighted by Gasteiger charge is 2.07. The molecule has 2 aromatic heterocycles. The number of aromatic nitrogens is 4. The van der Waals surface area contributed by atoms with Crippen molar-refractivity contribution in [2.75, 3.05) is 12.3 Å². The summed E-state index contributed by atoms with van der Waals surface area (Å²) >= 11 is 13.7. The quantitative estimate of drug-likeness (QED) is 0.423. The topological polar surface area (TPSA) is 68.8 Å². The number of benzene rings is 1. The van der Waals surface area contributed by atoms with Gasteiger partial charge in [0.05, 0.1) is 6.54 Å². The molecule has 0 bridgehead atoms. The molecular formula is C16H17Cl3N5OS-. The van der Waals surface area contributed by atoms with Crippen molar-refractivity contribution < 1.29 is 16.8 Å². The Labute approximate surface area is 172 Å². The van der Waals surface area contributed by atoms with Crippen molar-refractivity contribution in [2.45, 2.75) is 18.1 Å². The van der Waals surface area contributed by atoms with Crippen LogP contribution in [0.3, 0.4) is 0 Å². The molecule has 140 valence electrons. The summed E-state index contributed by atoms with van der Waals surface area (Å²) in [6.45, 7) is 1.56. The first kappa shape index (κ1) is 21.1. The van der Waals surface area contributed by atoms with Gasteiger partial charge in [0.25, 0.3) is 0 Å². The van der Waals surface area contributed by atoms with E-state index in [-0.39, 0.29) is 12.4 Å². The molecule has 0 spiro atoms. The van der Waals surface area contributed by atoms with E-state index in [1.165, 1.54) is 0 Å². The van der Waals surface area contributed by atoms with Gasteiger partial charge in [0.15, 0.2) is 0 Å². The van der Waals surface area contributed by atoms with Gasteiger partial charge in [-0.3, -0.25) is 0 Å². The van der Waals surface area contributed by atoms with Gasteiger partial charge < -0.3 is 22.1 Å². The number of nitrogens with one attached hydrogen (secondary N) is 1. The first-order valence-electron chi connectivity index (χ1n) is 7.73. The molecule has 3 aromatic rings. The molecule has 3 rings (SSSR count). The molecule has 0 radical (unpaired) electrons. The standard InChI is InChI=1S/C16H17Cl2N5OS.ClH/c1-23-16(20-21-22-23)25-6-2-5-19-10-14-3-4-15(24-14)11-7-12(17)9-13(18)8-11;/h3-4,7-9,19H,2,5-6,10H2,1H3;1H/p-1. The van der Waals surface area contributed by atoms with Gasteiger partial charge in [-0.1, -0.05) is 35.0 Å². The molecule has 0 amide bonds. The Balaban J connectivity index is 0.00000243. The van der Waals surface area contributed by atoms with Gasteiger partial charge in [-0.15, -0.1) is 5.10 Å². The van der Waals surface area contributed by atoms with Gasteiger partial charge in [0, 0.05) is 28.4 Å². The van der Waals surface area contributed by atoms with Crippen LogP contribution in [0.15, 0.2) is 39.9 Å². The second-order valence-corrected chi connectivity index (χ2v) is 7.32. The lowest BCUT2D eigenvalue weighted by molar-refractivity contribution is -0.00000566. The van der Waals surface area contributed by atoms with Crippen molar-refractivity contribution in [3.8, 4) is 11.3 Å². The maximum absolute atomic E-state index is 6.03. The van der Waals surface area contributed by atoms with E-state index in [2.05, 4.69) is 20.8 Å². The first-order valence-corrected chi connectivity index (χ1v) is 9.47. The summed E-state index contributed by atoms with van der Waals surface area (Å²) in [5.41, 5.74) is 0.873. The number of tetrazole rings is 1. The minimum absolute atomic E-state index is 0. The third kappa shape index (κ3) is 5.89. The number of hydrogen-bond acceptors (Lipinski definition) is 6. The van der Waals surface area contributed by atoms with Crippen molar-refractivity contribution in [3.05, 3.63) is 46.1 Å². The molecule has 0 aliphatic carbocycles. The maximum Gasteiger partial charge on any atom is 0.209 e. The molecule has 10 heteroatoms. The number of thioether (sulfide) groups is 1. The highest BCUT2D eigenvalue weighted by molar-refractivity contribution is 7.99. The predicted octanol–water partition coefficient (Wildman–Crippen LogP) is 1.05. The molecule has 1 N–H and O–H groups in total. The van der Waals surface area contributed by atoms with Crippen molar-refractivity contribution in [1.29, 1.82) is 0 Å². The second kappa shape index (κ2) is 10.2. The van der Waals surface area contributed by atoms with Gasteiger partial charge in [-0.25, -0.2) is 4.68 Å². The summed E-state index contributed by atoms with van der Waals surface area (Å²) < 4.78 is 7.52. The van der Waals surface area contributed by atoms with Crippen molar-refractivity contribution >= 4 is 35.0 Å². The van der Waals surface area contributed by atoms with Crippen LogP contribution in [-0.4, -0.2) is 32.5 Å². The first-order chi connectivity index (χ1) is 12.1. The highest BCUT2D eigenvalue weighted by Crippen LogP contribution is 2.28. The summed E-state index contributed by atoms with van der Waals surface area (Å²) in [4.78, 5) is 0. The van der Waals surface area contributed by atoms with Gasteiger partial charge in [0.2, 0.25) is 5.16 Å².